The lowest BCUT2D eigenvalue weighted by Crippen LogP contribution is -2.43. The molecule has 4 N–H and O–H groups in total. The number of pyridine rings is 1. The van der Waals surface area contributed by atoms with Crippen molar-refractivity contribution >= 4 is 29.1 Å². The maximum absolute atomic E-state index is 13.0. The molecule has 1 atom stereocenters. The van der Waals surface area contributed by atoms with E-state index in [0.29, 0.717) is 12.2 Å². The molecule has 8 heteroatoms. The standard InChI is InChI=1S/C20H23N7O/c21-15-2-1-7-27(12-15)17-4-6-24-10-14(17)8-18(28)19-20(22)25-11-16(26-19)13-3-5-23-9-13/h3-4,6,9-11,15H,1-2,5,7-8,12,21H2,(H2,22,25). The highest BCUT2D eigenvalue weighted by Gasteiger charge is 2.22. The van der Waals surface area contributed by atoms with Gasteiger partial charge in [-0.3, -0.25) is 14.8 Å². The molecule has 0 saturated carbocycles. The first-order chi connectivity index (χ1) is 13.6. The van der Waals surface area contributed by atoms with Crippen molar-refractivity contribution in [1.82, 2.24) is 15.0 Å². The minimum absolute atomic E-state index is 0.134. The molecule has 1 fully saturated rings. The van der Waals surface area contributed by atoms with Crippen molar-refractivity contribution in [3.05, 3.63) is 47.7 Å². The molecule has 0 spiro atoms. The van der Waals surface area contributed by atoms with E-state index in [1.807, 2.05) is 12.1 Å². The molecule has 2 aromatic rings. The van der Waals surface area contributed by atoms with E-state index in [0.717, 1.165) is 42.8 Å². The smallest absolute Gasteiger partial charge is 0.189 e. The zero-order chi connectivity index (χ0) is 19.5. The Kier molecular flexibility index (Phi) is 5.12. The van der Waals surface area contributed by atoms with Crippen LogP contribution in [0.1, 0.15) is 34.6 Å². The lowest BCUT2D eigenvalue weighted by molar-refractivity contribution is 0.0988. The molecule has 4 rings (SSSR count). The number of piperidine rings is 1. The van der Waals surface area contributed by atoms with Crippen LogP contribution in [0.3, 0.4) is 0 Å². The number of ketones is 1. The second-order valence-electron chi connectivity index (χ2n) is 7.10. The Bertz CT molecular complexity index is 953. The van der Waals surface area contributed by atoms with Crippen LogP contribution in [-0.4, -0.2) is 52.6 Å². The Morgan fingerprint density at radius 3 is 3.00 bits per heavy atom. The molecule has 0 aromatic carbocycles. The lowest BCUT2D eigenvalue weighted by Gasteiger charge is -2.33. The van der Waals surface area contributed by atoms with Crippen LogP contribution in [0.2, 0.25) is 0 Å². The van der Waals surface area contributed by atoms with Gasteiger partial charge in [-0.1, -0.05) is 6.08 Å². The van der Waals surface area contributed by atoms with E-state index in [4.69, 9.17) is 11.5 Å². The van der Waals surface area contributed by atoms with Crippen LogP contribution in [0.25, 0.3) is 5.57 Å². The highest BCUT2D eigenvalue weighted by Crippen LogP contribution is 2.25. The fourth-order valence-corrected chi connectivity index (χ4v) is 3.62. The second-order valence-corrected chi connectivity index (χ2v) is 7.10. The third kappa shape index (κ3) is 3.77. The van der Waals surface area contributed by atoms with Crippen molar-refractivity contribution < 1.29 is 4.79 Å². The van der Waals surface area contributed by atoms with E-state index >= 15 is 0 Å². The van der Waals surface area contributed by atoms with Crippen LogP contribution in [0.5, 0.6) is 0 Å². The van der Waals surface area contributed by atoms with Crippen LogP contribution in [0, 0.1) is 0 Å². The van der Waals surface area contributed by atoms with E-state index in [2.05, 4.69) is 24.8 Å². The second kappa shape index (κ2) is 7.85. The third-order valence-corrected chi connectivity index (χ3v) is 5.04. The topological polar surface area (TPSA) is 123 Å². The molecular weight excluding hydrogens is 354 g/mol. The number of carbonyl (C=O) groups excluding carboxylic acids is 1. The molecular formula is C20H23N7O. The summed E-state index contributed by atoms with van der Waals surface area (Å²) in [6.45, 7) is 2.31. The van der Waals surface area contributed by atoms with Crippen molar-refractivity contribution in [3.8, 4) is 0 Å². The molecule has 0 aliphatic carbocycles. The number of rotatable bonds is 5. The van der Waals surface area contributed by atoms with Gasteiger partial charge in [0.1, 0.15) is 5.69 Å². The molecule has 2 aliphatic rings. The number of hydrogen-bond acceptors (Lipinski definition) is 8. The Labute approximate surface area is 163 Å². The first-order valence-corrected chi connectivity index (χ1v) is 9.41. The molecule has 4 heterocycles. The first-order valence-electron chi connectivity index (χ1n) is 9.41. The number of carbonyl (C=O) groups is 1. The molecule has 0 bridgehead atoms. The van der Waals surface area contributed by atoms with Crippen molar-refractivity contribution in [3.63, 3.8) is 0 Å². The van der Waals surface area contributed by atoms with Crippen molar-refractivity contribution in [2.45, 2.75) is 25.3 Å². The van der Waals surface area contributed by atoms with Gasteiger partial charge in [-0.15, -0.1) is 0 Å². The zero-order valence-corrected chi connectivity index (χ0v) is 15.6. The molecule has 0 radical (unpaired) electrons. The third-order valence-electron chi connectivity index (χ3n) is 5.04. The quantitative estimate of drug-likeness (QED) is 0.752. The van der Waals surface area contributed by atoms with Crippen molar-refractivity contribution in [2.24, 2.45) is 10.7 Å². The predicted octanol–water partition coefficient (Wildman–Crippen LogP) is 1.27. The van der Waals surface area contributed by atoms with Gasteiger partial charge in [0.25, 0.3) is 0 Å². The van der Waals surface area contributed by atoms with Gasteiger partial charge in [0, 0.05) is 61.0 Å². The van der Waals surface area contributed by atoms with Crippen LogP contribution >= 0.6 is 0 Å². The summed E-state index contributed by atoms with van der Waals surface area (Å²) >= 11 is 0. The van der Waals surface area contributed by atoms with Gasteiger partial charge >= 0.3 is 0 Å². The summed E-state index contributed by atoms with van der Waals surface area (Å²) in [5, 5.41) is 0. The minimum atomic E-state index is -0.182. The molecule has 144 valence electrons. The van der Waals surface area contributed by atoms with E-state index in [-0.39, 0.29) is 29.8 Å². The lowest BCUT2D eigenvalue weighted by atomic mass is 10.0. The Hall–Kier alpha value is -3.13. The largest absolute Gasteiger partial charge is 0.382 e. The molecule has 2 aromatic heterocycles. The van der Waals surface area contributed by atoms with E-state index in [1.165, 1.54) is 0 Å². The molecule has 1 saturated heterocycles. The van der Waals surface area contributed by atoms with Gasteiger partial charge in [0.2, 0.25) is 0 Å². The van der Waals surface area contributed by atoms with Crippen LogP contribution < -0.4 is 16.4 Å². The maximum Gasteiger partial charge on any atom is 0.189 e. The van der Waals surface area contributed by atoms with Gasteiger partial charge in [-0.2, -0.15) is 0 Å². The average molecular weight is 377 g/mol. The van der Waals surface area contributed by atoms with Crippen molar-refractivity contribution in [2.75, 3.05) is 30.3 Å². The number of nitrogens with zero attached hydrogens (tertiary/aromatic N) is 5. The van der Waals surface area contributed by atoms with E-state index in [9.17, 15) is 4.79 Å². The highest BCUT2D eigenvalue weighted by atomic mass is 16.1. The fraction of sp³-hybridized carbons (Fsp3) is 0.350. The number of Topliss-reactive ketones (excluding diaryl/α,β-unsaturated/α-hetero) is 1. The van der Waals surface area contributed by atoms with Gasteiger partial charge in [0.15, 0.2) is 11.6 Å². The van der Waals surface area contributed by atoms with Crippen LogP contribution in [0.4, 0.5) is 11.5 Å². The van der Waals surface area contributed by atoms with E-state index < -0.39 is 0 Å². The normalized spacial score (nSPS) is 19.0. The molecule has 1 unspecified atom stereocenters. The summed E-state index contributed by atoms with van der Waals surface area (Å²) in [4.78, 5) is 32.2. The number of aromatic nitrogens is 3. The van der Waals surface area contributed by atoms with Crippen molar-refractivity contribution in [1.29, 1.82) is 0 Å². The highest BCUT2D eigenvalue weighted by molar-refractivity contribution is 6.11. The van der Waals surface area contributed by atoms with Gasteiger partial charge in [-0.25, -0.2) is 9.97 Å². The van der Waals surface area contributed by atoms with Gasteiger partial charge < -0.3 is 16.4 Å². The number of hydrogen-bond donors (Lipinski definition) is 2. The molecule has 2 aliphatic heterocycles. The number of aliphatic imine (C=N–C) groups is 1. The molecule has 0 amide bonds. The molecule has 8 nitrogen and oxygen atoms in total. The van der Waals surface area contributed by atoms with E-state index in [1.54, 1.807) is 24.8 Å². The summed E-state index contributed by atoms with van der Waals surface area (Å²) in [6, 6.07) is 2.08. The summed E-state index contributed by atoms with van der Waals surface area (Å²) < 4.78 is 0. The number of nitrogens with two attached hydrogens (primary N) is 2. The van der Waals surface area contributed by atoms with Gasteiger partial charge in [-0.05, 0) is 18.9 Å². The predicted molar refractivity (Wildman–Crippen MR) is 109 cm³/mol. The fourth-order valence-electron chi connectivity index (χ4n) is 3.62. The SMILES string of the molecule is Nc1ncc(C2=CCN=C2)nc1C(=O)Cc1cnccc1N1CCCC(N)C1. The first kappa shape index (κ1) is 18.2. The maximum atomic E-state index is 13.0. The Balaban J connectivity index is 1.59. The minimum Gasteiger partial charge on any atom is -0.382 e. The molecule has 28 heavy (non-hydrogen) atoms. The Morgan fingerprint density at radius 1 is 1.32 bits per heavy atom. The zero-order valence-electron chi connectivity index (χ0n) is 15.6. The van der Waals surface area contributed by atoms with Crippen LogP contribution in [-0.2, 0) is 6.42 Å². The van der Waals surface area contributed by atoms with Crippen LogP contribution in [0.15, 0.2) is 35.7 Å². The number of nitrogen functional groups attached to an aromatic ring is 1. The summed E-state index contributed by atoms with van der Waals surface area (Å²) in [7, 11) is 0. The number of anilines is 2. The summed E-state index contributed by atoms with van der Waals surface area (Å²) in [5.74, 6) is -0.0485. The average Bonchev–Trinajstić information content (AvgIpc) is 3.23. The monoisotopic (exact) mass is 377 g/mol. The Morgan fingerprint density at radius 2 is 2.21 bits per heavy atom. The summed E-state index contributed by atoms with van der Waals surface area (Å²) in [5.41, 5.74) is 15.6. The number of allylic oxidation sites excluding steroid dienone is 1. The van der Waals surface area contributed by atoms with Gasteiger partial charge in [0.05, 0.1) is 18.4 Å². The summed E-state index contributed by atoms with van der Waals surface area (Å²) in [6.07, 6.45) is 10.9.